The Kier molecular flexibility index (Phi) is 6.59. The van der Waals surface area contributed by atoms with Crippen LogP contribution in [0.25, 0.3) is 0 Å². The summed E-state index contributed by atoms with van der Waals surface area (Å²) < 4.78 is 1.05. The average molecular weight is 376 g/mol. The SMILES string of the molecule is CCCCCNC(=O)c1ccc(Nc2ccc(Br)cc2C)nc1. The Morgan fingerprint density at radius 1 is 1.22 bits per heavy atom. The monoisotopic (exact) mass is 375 g/mol. The lowest BCUT2D eigenvalue weighted by atomic mass is 10.2. The Bertz CT molecular complexity index is 656. The highest BCUT2D eigenvalue weighted by atomic mass is 79.9. The molecule has 0 spiro atoms. The Morgan fingerprint density at radius 3 is 2.70 bits per heavy atom. The van der Waals surface area contributed by atoms with Gasteiger partial charge >= 0.3 is 0 Å². The maximum Gasteiger partial charge on any atom is 0.252 e. The summed E-state index contributed by atoms with van der Waals surface area (Å²) in [7, 11) is 0. The molecular weight excluding hydrogens is 354 g/mol. The molecule has 0 atom stereocenters. The molecule has 1 amide bonds. The van der Waals surface area contributed by atoms with Crippen molar-refractivity contribution >= 4 is 33.3 Å². The van der Waals surface area contributed by atoms with E-state index in [9.17, 15) is 4.79 Å². The minimum atomic E-state index is -0.0695. The van der Waals surface area contributed by atoms with Gasteiger partial charge in [-0.1, -0.05) is 35.7 Å². The molecule has 0 saturated heterocycles. The van der Waals surface area contributed by atoms with Crippen molar-refractivity contribution < 1.29 is 4.79 Å². The van der Waals surface area contributed by atoms with Gasteiger partial charge in [0.05, 0.1) is 5.56 Å². The van der Waals surface area contributed by atoms with E-state index in [2.05, 4.69) is 38.5 Å². The number of rotatable bonds is 7. The number of amides is 1. The minimum Gasteiger partial charge on any atom is -0.352 e. The van der Waals surface area contributed by atoms with Gasteiger partial charge in [0.15, 0.2) is 0 Å². The summed E-state index contributed by atoms with van der Waals surface area (Å²) in [5.41, 5.74) is 2.70. The third-order valence-corrected chi connectivity index (χ3v) is 4.04. The molecule has 2 rings (SSSR count). The summed E-state index contributed by atoms with van der Waals surface area (Å²) in [6.07, 6.45) is 4.89. The lowest BCUT2D eigenvalue weighted by Gasteiger charge is -2.10. The number of halogens is 1. The molecular formula is C18H22BrN3O. The number of carbonyl (C=O) groups is 1. The number of aryl methyl sites for hydroxylation is 1. The fraction of sp³-hybridized carbons (Fsp3) is 0.333. The standard InChI is InChI=1S/C18H22BrN3O/c1-3-4-5-10-20-18(23)14-6-9-17(21-12-14)22-16-8-7-15(19)11-13(16)2/h6-9,11-12H,3-5,10H2,1-2H3,(H,20,23)(H,21,22). The lowest BCUT2D eigenvalue weighted by Crippen LogP contribution is -2.24. The zero-order valence-corrected chi connectivity index (χ0v) is 15.1. The molecule has 5 heteroatoms. The predicted molar refractivity (Wildman–Crippen MR) is 98.3 cm³/mol. The normalized spacial score (nSPS) is 10.4. The fourth-order valence-corrected chi connectivity index (χ4v) is 2.66. The van der Waals surface area contributed by atoms with Gasteiger partial charge < -0.3 is 10.6 Å². The van der Waals surface area contributed by atoms with Crippen LogP contribution in [0.4, 0.5) is 11.5 Å². The fourth-order valence-electron chi connectivity index (χ4n) is 2.19. The maximum absolute atomic E-state index is 12.0. The molecule has 122 valence electrons. The zero-order valence-electron chi connectivity index (χ0n) is 13.5. The van der Waals surface area contributed by atoms with Crippen LogP contribution >= 0.6 is 15.9 Å². The number of hydrogen-bond donors (Lipinski definition) is 2. The topological polar surface area (TPSA) is 54.0 Å². The second-order valence-electron chi connectivity index (χ2n) is 5.48. The molecule has 0 unspecified atom stereocenters. The van der Waals surface area contributed by atoms with Crippen molar-refractivity contribution in [2.45, 2.75) is 33.1 Å². The number of pyridine rings is 1. The Morgan fingerprint density at radius 2 is 2.04 bits per heavy atom. The van der Waals surface area contributed by atoms with Crippen molar-refractivity contribution in [3.05, 3.63) is 52.1 Å². The number of anilines is 2. The molecule has 1 aromatic heterocycles. The molecule has 23 heavy (non-hydrogen) atoms. The third-order valence-electron chi connectivity index (χ3n) is 3.54. The lowest BCUT2D eigenvalue weighted by molar-refractivity contribution is 0.0952. The number of unbranched alkanes of at least 4 members (excludes halogenated alkanes) is 2. The number of hydrogen-bond acceptors (Lipinski definition) is 3. The van der Waals surface area contributed by atoms with Crippen LogP contribution in [-0.2, 0) is 0 Å². The van der Waals surface area contributed by atoms with E-state index < -0.39 is 0 Å². The second kappa shape index (κ2) is 8.67. The van der Waals surface area contributed by atoms with Gasteiger partial charge in [0.2, 0.25) is 0 Å². The van der Waals surface area contributed by atoms with E-state index in [-0.39, 0.29) is 5.91 Å². The molecule has 0 aliphatic rings. The maximum atomic E-state index is 12.0. The van der Waals surface area contributed by atoms with Crippen molar-refractivity contribution in [2.75, 3.05) is 11.9 Å². The van der Waals surface area contributed by atoms with Gasteiger partial charge in [-0.05, 0) is 49.2 Å². The van der Waals surface area contributed by atoms with E-state index in [0.29, 0.717) is 12.1 Å². The van der Waals surface area contributed by atoms with Crippen LogP contribution in [0, 0.1) is 6.92 Å². The predicted octanol–water partition coefficient (Wildman–Crippen LogP) is 4.82. The molecule has 0 aliphatic carbocycles. The first-order valence-corrected chi connectivity index (χ1v) is 8.67. The smallest absolute Gasteiger partial charge is 0.252 e. The average Bonchev–Trinajstić information content (AvgIpc) is 2.55. The van der Waals surface area contributed by atoms with Crippen LogP contribution in [-0.4, -0.2) is 17.4 Å². The zero-order chi connectivity index (χ0) is 16.7. The summed E-state index contributed by atoms with van der Waals surface area (Å²) >= 11 is 3.45. The van der Waals surface area contributed by atoms with E-state index in [0.717, 1.165) is 40.8 Å². The molecule has 0 aliphatic heterocycles. The molecule has 4 nitrogen and oxygen atoms in total. The number of aromatic nitrogens is 1. The number of benzene rings is 1. The largest absolute Gasteiger partial charge is 0.352 e. The van der Waals surface area contributed by atoms with Gasteiger partial charge in [0.1, 0.15) is 5.82 Å². The van der Waals surface area contributed by atoms with E-state index in [1.165, 1.54) is 0 Å². The molecule has 0 fully saturated rings. The van der Waals surface area contributed by atoms with Crippen molar-refractivity contribution in [2.24, 2.45) is 0 Å². The van der Waals surface area contributed by atoms with Crippen LogP contribution < -0.4 is 10.6 Å². The number of nitrogens with one attached hydrogen (secondary N) is 2. The molecule has 0 bridgehead atoms. The van der Waals surface area contributed by atoms with Crippen LogP contribution in [0.5, 0.6) is 0 Å². The van der Waals surface area contributed by atoms with Crippen LogP contribution in [0.3, 0.4) is 0 Å². The van der Waals surface area contributed by atoms with E-state index >= 15 is 0 Å². The van der Waals surface area contributed by atoms with Gasteiger partial charge in [-0.3, -0.25) is 4.79 Å². The highest BCUT2D eigenvalue weighted by molar-refractivity contribution is 9.10. The number of carbonyl (C=O) groups excluding carboxylic acids is 1. The van der Waals surface area contributed by atoms with Crippen molar-refractivity contribution in [1.82, 2.24) is 10.3 Å². The van der Waals surface area contributed by atoms with Gasteiger partial charge in [-0.2, -0.15) is 0 Å². The van der Waals surface area contributed by atoms with E-state index in [4.69, 9.17) is 0 Å². The quantitative estimate of drug-likeness (QED) is 0.682. The van der Waals surface area contributed by atoms with Crippen LogP contribution in [0.15, 0.2) is 41.0 Å². The van der Waals surface area contributed by atoms with Gasteiger partial charge in [-0.15, -0.1) is 0 Å². The highest BCUT2D eigenvalue weighted by Gasteiger charge is 2.06. The third kappa shape index (κ3) is 5.36. The van der Waals surface area contributed by atoms with Gasteiger partial charge in [-0.25, -0.2) is 4.98 Å². The molecule has 1 heterocycles. The Hall–Kier alpha value is -1.88. The summed E-state index contributed by atoms with van der Waals surface area (Å²) in [5.74, 6) is 0.651. The summed E-state index contributed by atoms with van der Waals surface area (Å²) in [5, 5.41) is 6.18. The second-order valence-corrected chi connectivity index (χ2v) is 6.40. The van der Waals surface area contributed by atoms with Gasteiger partial charge in [0, 0.05) is 22.9 Å². The van der Waals surface area contributed by atoms with E-state index in [1.807, 2.05) is 31.2 Å². The van der Waals surface area contributed by atoms with Crippen molar-refractivity contribution in [3.8, 4) is 0 Å². The summed E-state index contributed by atoms with van der Waals surface area (Å²) in [6, 6.07) is 9.63. The number of nitrogens with zero attached hydrogens (tertiary/aromatic N) is 1. The molecule has 0 radical (unpaired) electrons. The van der Waals surface area contributed by atoms with Crippen molar-refractivity contribution in [3.63, 3.8) is 0 Å². The first kappa shape index (κ1) is 17.5. The summed E-state index contributed by atoms with van der Waals surface area (Å²) in [4.78, 5) is 16.3. The van der Waals surface area contributed by atoms with Gasteiger partial charge in [0.25, 0.3) is 5.91 Å². The first-order valence-electron chi connectivity index (χ1n) is 7.87. The molecule has 0 saturated carbocycles. The molecule has 1 aromatic carbocycles. The molecule has 2 N–H and O–H groups in total. The van der Waals surface area contributed by atoms with Crippen LogP contribution in [0.2, 0.25) is 0 Å². The first-order chi connectivity index (χ1) is 11.1. The van der Waals surface area contributed by atoms with Crippen LogP contribution in [0.1, 0.15) is 42.1 Å². The summed E-state index contributed by atoms with van der Waals surface area (Å²) in [6.45, 7) is 4.89. The van der Waals surface area contributed by atoms with Crippen molar-refractivity contribution in [1.29, 1.82) is 0 Å². The Balaban J connectivity index is 1.95. The molecule has 2 aromatic rings. The van der Waals surface area contributed by atoms with E-state index in [1.54, 1.807) is 12.3 Å². The Labute approximate surface area is 145 Å². The highest BCUT2D eigenvalue weighted by Crippen LogP contribution is 2.22. The minimum absolute atomic E-state index is 0.0695.